The summed E-state index contributed by atoms with van der Waals surface area (Å²) in [6, 6.07) is 8.10. The maximum atomic E-state index is 11.9. The van der Waals surface area contributed by atoms with Gasteiger partial charge in [0.2, 0.25) is 11.9 Å². The van der Waals surface area contributed by atoms with Crippen LogP contribution >= 0.6 is 0 Å². The molecule has 11 nitrogen and oxygen atoms in total. The van der Waals surface area contributed by atoms with Gasteiger partial charge in [0.15, 0.2) is 0 Å². The van der Waals surface area contributed by atoms with Crippen molar-refractivity contribution in [2.75, 3.05) is 60.4 Å². The Labute approximate surface area is 253 Å². The second-order valence-corrected chi connectivity index (χ2v) is 13.9. The zero-order valence-corrected chi connectivity index (χ0v) is 26.1. The summed E-state index contributed by atoms with van der Waals surface area (Å²) in [6.07, 6.45) is 8.32. The van der Waals surface area contributed by atoms with Gasteiger partial charge in [-0.15, -0.1) is 0 Å². The fourth-order valence-electron chi connectivity index (χ4n) is 6.01. The lowest BCUT2D eigenvalue weighted by Crippen LogP contribution is -2.57. The molecule has 5 rings (SSSR count). The smallest absolute Gasteiger partial charge is 0.243 e. The number of pyridine rings is 1. The van der Waals surface area contributed by atoms with Crippen molar-refractivity contribution in [2.24, 2.45) is 5.92 Å². The van der Waals surface area contributed by atoms with Crippen LogP contribution in [0.15, 0.2) is 49.3 Å². The number of methoxy groups -OCH3 is 1. The number of amides is 1. The zero-order valence-electron chi connectivity index (χ0n) is 25.3. The number of nitrogens with one attached hydrogen (secondary N) is 2. The van der Waals surface area contributed by atoms with Crippen LogP contribution in [0.1, 0.15) is 38.2 Å². The first-order valence-corrected chi connectivity index (χ1v) is 16.8. The number of fused-ring (bicyclic) bond motifs is 1. The predicted molar refractivity (Wildman–Crippen MR) is 171 cm³/mol. The van der Waals surface area contributed by atoms with Gasteiger partial charge in [0, 0.05) is 75.0 Å². The molecule has 12 heteroatoms. The van der Waals surface area contributed by atoms with E-state index in [1.165, 1.54) is 12.3 Å². The van der Waals surface area contributed by atoms with Crippen LogP contribution in [0.3, 0.4) is 0 Å². The molecule has 2 aliphatic heterocycles. The second kappa shape index (κ2) is 12.8. The maximum Gasteiger partial charge on any atom is 0.243 e. The molecule has 1 aromatic carbocycles. The highest BCUT2D eigenvalue weighted by molar-refractivity contribution is 7.90. The molecular weight excluding hydrogens is 566 g/mol. The molecule has 0 spiro atoms. The topological polar surface area (TPSA) is 130 Å². The van der Waals surface area contributed by atoms with Crippen molar-refractivity contribution in [3.63, 3.8) is 0 Å². The maximum absolute atomic E-state index is 11.9. The molecule has 2 N–H and O–H groups in total. The number of hydrogen-bond donors (Lipinski definition) is 2. The van der Waals surface area contributed by atoms with E-state index in [4.69, 9.17) is 14.7 Å². The van der Waals surface area contributed by atoms with Crippen molar-refractivity contribution >= 4 is 49.8 Å². The van der Waals surface area contributed by atoms with E-state index in [9.17, 15) is 13.2 Å². The zero-order chi connectivity index (χ0) is 30.7. The van der Waals surface area contributed by atoms with Gasteiger partial charge in [0.1, 0.15) is 21.5 Å². The van der Waals surface area contributed by atoms with Gasteiger partial charge in [-0.1, -0.05) is 19.6 Å². The third-order valence-corrected chi connectivity index (χ3v) is 9.63. The van der Waals surface area contributed by atoms with Crippen LogP contribution in [0.2, 0.25) is 0 Å². The van der Waals surface area contributed by atoms with Crippen molar-refractivity contribution in [3.05, 3.63) is 54.9 Å². The lowest BCUT2D eigenvalue weighted by atomic mass is 9.88. The Morgan fingerprint density at radius 1 is 1.19 bits per heavy atom. The molecule has 3 aromatic rings. The van der Waals surface area contributed by atoms with E-state index in [1.807, 2.05) is 18.3 Å². The number of ether oxygens (including phenoxy) is 1. The number of hydrogen-bond acceptors (Lipinski definition) is 10. The van der Waals surface area contributed by atoms with E-state index < -0.39 is 9.84 Å². The summed E-state index contributed by atoms with van der Waals surface area (Å²) in [6.45, 7) is 10.5. The first kappa shape index (κ1) is 30.7. The Morgan fingerprint density at radius 2 is 1.95 bits per heavy atom. The average Bonchev–Trinajstić information content (AvgIpc) is 3.00. The molecule has 4 heterocycles. The number of rotatable bonds is 11. The predicted octanol–water partition coefficient (Wildman–Crippen LogP) is 3.66. The Hall–Kier alpha value is -3.77. The summed E-state index contributed by atoms with van der Waals surface area (Å²) in [7, 11) is -1.30. The van der Waals surface area contributed by atoms with Crippen LogP contribution < -0.4 is 20.4 Å². The SMILES string of the molecule is C=CC(=O)NCC(C)c1ccc(N2C[C@H](CS(C)(=O)=O)[C@H]2C)c2cnc(Nc3ccnc(N4CCC(OC)CC4)n3)cc12. The quantitative estimate of drug-likeness (QED) is 0.312. The first-order valence-electron chi connectivity index (χ1n) is 14.7. The molecule has 0 radical (unpaired) electrons. The van der Waals surface area contributed by atoms with Gasteiger partial charge < -0.3 is 25.2 Å². The number of sulfone groups is 1. The molecule has 2 aliphatic rings. The molecule has 1 amide bonds. The van der Waals surface area contributed by atoms with Crippen molar-refractivity contribution in [1.29, 1.82) is 0 Å². The molecule has 2 fully saturated rings. The van der Waals surface area contributed by atoms with E-state index >= 15 is 0 Å². The van der Waals surface area contributed by atoms with E-state index in [-0.39, 0.29) is 35.6 Å². The highest BCUT2D eigenvalue weighted by atomic mass is 32.2. The molecule has 43 heavy (non-hydrogen) atoms. The number of benzene rings is 1. The highest BCUT2D eigenvalue weighted by Crippen LogP contribution is 2.39. The van der Waals surface area contributed by atoms with Crippen LogP contribution in [0.4, 0.5) is 23.3 Å². The first-order chi connectivity index (χ1) is 20.6. The van der Waals surface area contributed by atoms with Crippen molar-refractivity contribution in [3.8, 4) is 0 Å². The second-order valence-electron chi connectivity index (χ2n) is 11.7. The van der Waals surface area contributed by atoms with Crippen LogP contribution in [0, 0.1) is 5.92 Å². The van der Waals surface area contributed by atoms with E-state index in [0.717, 1.165) is 48.0 Å². The molecule has 3 atom stereocenters. The molecular formula is C31H41N7O4S. The largest absolute Gasteiger partial charge is 0.381 e. The van der Waals surface area contributed by atoms with Gasteiger partial charge >= 0.3 is 0 Å². The fourth-order valence-corrected chi connectivity index (χ4v) is 7.17. The summed E-state index contributed by atoms with van der Waals surface area (Å²) >= 11 is 0. The molecule has 0 bridgehead atoms. The minimum atomic E-state index is -3.06. The molecule has 2 saturated heterocycles. The summed E-state index contributed by atoms with van der Waals surface area (Å²) in [4.78, 5) is 30.3. The minimum Gasteiger partial charge on any atom is -0.381 e. The molecule has 230 valence electrons. The molecule has 0 saturated carbocycles. The number of anilines is 4. The van der Waals surface area contributed by atoms with Gasteiger partial charge in [-0.05, 0) is 60.9 Å². The number of carbonyl (C=O) groups excluding carboxylic acids is 1. The van der Waals surface area contributed by atoms with Gasteiger partial charge in [-0.25, -0.2) is 18.4 Å². The standard InChI is InChI=1S/C31H41N7O4S/c1-6-30(39)34-16-20(2)24-7-8-27(38-18-22(21(38)3)19-43(5,40)41)26-17-33-29(15-25(24)26)35-28-9-12-32-31(36-28)37-13-10-23(42-4)11-14-37/h6-9,12,15,17,20-23H,1,10-11,13-14,16,18-19H2,2-5H3,(H,34,39)(H,32,33,35,36)/t20?,21-,22-/m1/s1. The monoisotopic (exact) mass is 607 g/mol. The Bertz CT molecular complexity index is 1590. The normalized spacial score (nSPS) is 20.0. The molecule has 0 aliphatic carbocycles. The molecule has 1 unspecified atom stereocenters. The number of carbonyl (C=O) groups is 1. The fraction of sp³-hybridized carbons (Fsp3) is 0.484. The lowest BCUT2D eigenvalue weighted by Gasteiger charge is -2.48. The average molecular weight is 608 g/mol. The van der Waals surface area contributed by atoms with Gasteiger partial charge in [0.05, 0.1) is 11.9 Å². The third kappa shape index (κ3) is 7.07. The lowest BCUT2D eigenvalue weighted by molar-refractivity contribution is -0.116. The number of nitrogens with zero attached hydrogens (tertiary/aromatic N) is 5. The van der Waals surface area contributed by atoms with Crippen molar-refractivity contribution in [1.82, 2.24) is 20.3 Å². The highest BCUT2D eigenvalue weighted by Gasteiger charge is 2.38. The summed E-state index contributed by atoms with van der Waals surface area (Å²) in [5, 5.41) is 8.24. The van der Waals surface area contributed by atoms with Gasteiger partial charge in [-0.2, -0.15) is 4.98 Å². The minimum absolute atomic E-state index is 0.0168. The Balaban J connectivity index is 1.43. The van der Waals surface area contributed by atoms with Crippen molar-refractivity contribution < 1.29 is 17.9 Å². The van der Waals surface area contributed by atoms with Crippen LogP contribution in [-0.4, -0.2) is 86.7 Å². The van der Waals surface area contributed by atoms with E-state index in [2.05, 4.69) is 58.0 Å². The van der Waals surface area contributed by atoms with Crippen LogP contribution in [0.5, 0.6) is 0 Å². The third-order valence-electron chi connectivity index (χ3n) is 8.60. The van der Waals surface area contributed by atoms with E-state index in [0.29, 0.717) is 30.7 Å². The van der Waals surface area contributed by atoms with Crippen LogP contribution in [-0.2, 0) is 19.4 Å². The molecule has 2 aromatic heterocycles. The summed E-state index contributed by atoms with van der Waals surface area (Å²) < 4.78 is 29.3. The summed E-state index contributed by atoms with van der Waals surface area (Å²) in [5.74, 6) is 2.03. The number of piperidine rings is 1. The number of aromatic nitrogens is 3. The Morgan fingerprint density at radius 3 is 2.63 bits per heavy atom. The van der Waals surface area contributed by atoms with Gasteiger partial charge in [-0.3, -0.25) is 4.79 Å². The summed E-state index contributed by atoms with van der Waals surface area (Å²) in [5.41, 5.74) is 2.08. The van der Waals surface area contributed by atoms with Crippen LogP contribution in [0.25, 0.3) is 10.8 Å². The Kier molecular flexibility index (Phi) is 9.16. The van der Waals surface area contributed by atoms with Gasteiger partial charge in [0.25, 0.3) is 0 Å². The van der Waals surface area contributed by atoms with E-state index in [1.54, 1.807) is 13.3 Å². The van der Waals surface area contributed by atoms with Crippen molar-refractivity contribution in [2.45, 2.75) is 44.8 Å².